The summed E-state index contributed by atoms with van der Waals surface area (Å²) in [7, 11) is 1.28. The molecule has 0 radical (unpaired) electrons. The molecule has 1 aliphatic rings. The summed E-state index contributed by atoms with van der Waals surface area (Å²) in [4.78, 5) is 15.1. The van der Waals surface area contributed by atoms with Crippen LogP contribution >= 0.6 is 11.3 Å². The predicted octanol–water partition coefficient (Wildman–Crippen LogP) is 4.09. The average molecular weight is 384 g/mol. The summed E-state index contributed by atoms with van der Waals surface area (Å²) in [5.41, 5.74) is 0.0907. The van der Waals surface area contributed by atoms with Gasteiger partial charge in [-0.15, -0.1) is 11.3 Å². The zero-order valence-electron chi connectivity index (χ0n) is 14.4. The largest absolute Gasteiger partial charge is 0.466 e. The van der Waals surface area contributed by atoms with E-state index in [0.717, 1.165) is 10.9 Å². The third kappa shape index (κ3) is 3.38. The maximum absolute atomic E-state index is 13.5. The van der Waals surface area contributed by atoms with E-state index in [1.54, 1.807) is 6.20 Å². The van der Waals surface area contributed by atoms with Crippen molar-refractivity contribution in [2.45, 2.75) is 25.6 Å². The Morgan fingerprint density at radius 1 is 1.31 bits per heavy atom. The van der Waals surface area contributed by atoms with E-state index in [-0.39, 0.29) is 6.54 Å². The predicted molar refractivity (Wildman–Crippen MR) is 92.9 cm³/mol. The second-order valence-electron chi connectivity index (χ2n) is 5.95. The Morgan fingerprint density at radius 2 is 2.08 bits per heavy atom. The Morgan fingerprint density at radius 3 is 2.65 bits per heavy atom. The molecule has 26 heavy (non-hydrogen) atoms. The number of likely N-dealkylation sites (N-methyl/N-ethyl adjacent to an activating group) is 1. The van der Waals surface area contributed by atoms with Gasteiger partial charge in [0.05, 0.1) is 18.6 Å². The van der Waals surface area contributed by atoms with Gasteiger partial charge >= 0.3 is 12.1 Å². The monoisotopic (exact) mass is 384 g/mol. The van der Waals surface area contributed by atoms with Crippen LogP contribution in [0, 0.1) is 0 Å². The molecule has 2 aromatic rings. The van der Waals surface area contributed by atoms with Gasteiger partial charge in [-0.2, -0.15) is 13.2 Å². The lowest BCUT2D eigenvalue weighted by Crippen LogP contribution is -2.31. The van der Waals surface area contributed by atoms with Crippen LogP contribution < -0.4 is 0 Å². The fraction of sp³-hybridized carbons (Fsp3) is 0.389. The normalized spacial score (nSPS) is 20.0. The van der Waals surface area contributed by atoms with Crippen LogP contribution in [0.25, 0.3) is 0 Å². The Bertz CT molecular complexity index is 809. The summed E-state index contributed by atoms with van der Waals surface area (Å²) in [6.45, 7) is 3.04. The molecule has 8 heteroatoms. The molecule has 0 saturated carbocycles. The lowest BCUT2D eigenvalue weighted by molar-refractivity contribution is -0.143. The van der Waals surface area contributed by atoms with Gasteiger partial charge in [-0.1, -0.05) is 6.07 Å². The highest BCUT2D eigenvalue weighted by atomic mass is 32.1. The molecule has 3 heterocycles. The molecule has 1 atom stereocenters. The number of halogens is 3. The average Bonchev–Trinajstić information content (AvgIpc) is 3.24. The quantitative estimate of drug-likeness (QED) is 0.748. The fourth-order valence-corrected chi connectivity index (χ4v) is 4.10. The minimum Gasteiger partial charge on any atom is -0.466 e. The van der Waals surface area contributed by atoms with Gasteiger partial charge in [0.1, 0.15) is 5.69 Å². The van der Waals surface area contributed by atoms with Crippen molar-refractivity contribution in [3.05, 3.63) is 57.7 Å². The smallest absolute Gasteiger partial charge is 0.431 e. The summed E-state index contributed by atoms with van der Waals surface area (Å²) in [5, 5.41) is 1.85. The molecule has 3 rings (SSSR count). The van der Waals surface area contributed by atoms with E-state index in [2.05, 4.69) is 0 Å². The molecule has 140 valence electrons. The number of carbonyl (C=O) groups is 1. The fourth-order valence-electron chi connectivity index (χ4n) is 3.25. The van der Waals surface area contributed by atoms with Gasteiger partial charge < -0.3 is 14.2 Å². The minimum atomic E-state index is -4.45. The van der Waals surface area contributed by atoms with Crippen LogP contribution in [0.2, 0.25) is 0 Å². The van der Waals surface area contributed by atoms with Crippen LogP contribution in [-0.2, 0) is 22.3 Å². The van der Waals surface area contributed by atoms with E-state index in [0.29, 0.717) is 24.4 Å². The number of fused-ring (bicyclic) bond motifs is 1. The summed E-state index contributed by atoms with van der Waals surface area (Å²) < 4.78 is 46.6. The van der Waals surface area contributed by atoms with Crippen molar-refractivity contribution in [2.75, 3.05) is 20.2 Å². The van der Waals surface area contributed by atoms with Crippen LogP contribution in [0.5, 0.6) is 0 Å². The topological polar surface area (TPSA) is 34.5 Å². The van der Waals surface area contributed by atoms with Crippen molar-refractivity contribution in [1.29, 1.82) is 0 Å². The van der Waals surface area contributed by atoms with Crippen LogP contribution in [0.1, 0.15) is 29.1 Å². The van der Waals surface area contributed by atoms with Gasteiger partial charge in [0.2, 0.25) is 0 Å². The van der Waals surface area contributed by atoms with Crippen LogP contribution in [0.4, 0.5) is 13.2 Å². The van der Waals surface area contributed by atoms with E-state index in [1.165, 1.54) is 29.1 Å². The van der Waals surface area contributed by atoms with Gasteiger partial charge in [-0.05, 0) is 30.5 Å². The van der Waals surface area contributed by atoms with Gasteiger partial charge in [0, 0.05) is 36.4 Å². The van der Waals surface area contributed by atoms with Crippen molar-refractivity contribution in [2.24, 2.45) is 0 Å². The molecule has 0 bridgehead atoms. The van der Waals surface area contributed by atoms with E-state index >= 15 is 0 Å². The van der Waals surface area contributed by atoms with E-state index < -0.39 is 23.8 Å². The molecule has 0 fully saturated rings. The van der Waals surface area contributed by atoms with Gasteiger partial charge in [-0.3, -0.25) is 0 Å². The molecule has 1 aliphatic heterocycles. The first-order valence-corrected chi connectivity index (χ1v) is 9.08. The number of ether oxygens (including phenoxy) is 1. The zero-order chi connectivity index (χ0) is 18.9. The number of rotatable bonds is 3. The number of hydrogen-bond acceptors (Lipinski definition) is 4. The van der Waals surface area contributed by atoms with Crippen molar-refractivity contribution in [3.63, 3.8) is 0 Å². The Balaban J connectivity index is 2.24. The first kappa shape index (κ1) is 18.6. The Kier molecular flexibility index (Phi) is 5.13. The highest BCUT2D eigenvalue weighted by Crippen LogP contribution is 2.40. The van der Waals surface area contributed by atoms with E-state index in [9.17, 15) is 18.0 Å². The molecule has 0 N–H and O–H groups in total. The Hall–Kier alpha value is -2.22. The second-order valence-corrected chi connectivity index (χ2v) is 6.93. The summed E-state index contributed by atoms with van der Waals surface area (Å²) in [5.74, 6) is -1.14. The molecule has 0 spiro atoms. The van der Waals surface area contributed by atoms with Gasteiger partial charge in [-0.25, -0.2) is 4.79 Å². The number of alkyl halides is 3. The molecular formula is C18H19F3N2O2S. The standard InChI is InChI=1S/C18H19F3N2O2S/c1-3-22-8-9-23-13(6-7-15(23)18(19,20)21)16(14-5-4-10-26-14)12(11-22)17(24)25-2/h4-7,10-11,16H,3,8-9H2,1-2H3/b12-11+. The Labute approximate surface area is 153 Å². The van der Waals surface area contributed by atoms with Crippen LogP contribution in [0.3, 0.4) is 0 Å². The van der Waals surface area contributed by atoms with E-state index in [1.807, 2.05) is 29.3 Å². The summed E-state index contributed by atoms with van der Waals surface area (Å²) in [6, 6.07) is 6.20. The first-order chi connectivity index (χ1) is 12.4. The number of carbonyl (C=O) groups excluding carboxylic acids is 1. The molecule has 1 unspecified atom stereocenters. The summed E-state index contributed by atoms with van der Waals surface area (Å²) >= 11 is 1.40. The molecule has 0 amide bonds. The SMILES string of the molecule is CCN1/C=C(/C(=O)OC)C(c2cccs2)c2ccc(C(F)(F)F)n2CC1. The second kappa shape index (κ2) is 7.19. The molecule has 0 aromatic carbocycles. The van der Waals surface area contributed by atoms with Crippen LogP contribution in [0.15, 0.2) is 41.4 Å². The maximum Gasteiger partial charge on any atom is 0.431 e. The third-order valence-corrected chi connectivity index (χ3v) is 5.44. The molecular weight excluding hydrogens is 365 g/mol. The molecule has 0 saturated heterocycles. The minimum absolute atomic E-state index is 0.192. The number of nitrogens with zero attached hydrogens (tertiary/aromatic N) is 2. The third-order valence-electron chi connectivity index (χ3n) is 4.50. The number of methoxy groups -OCH3 is 1. The van der Waals surface area contributed by atoms with Crippen LogP contribution in [-0.4, -0.2) is 35.6 Å². The van der Waals surface area contributed by atoms with E-state index in [4.69, 9.17) is 4.74 Å². The van der Waals surface area contributed by atoms with Gasteiger partial charge in [0.15, 0.2) is 0 Å². The maximum atomic E-state index is 13.5. The van der Waals surface area contributed by atoms with Gasteiger partial charge in [0.25, 0.3) is 0 Å². The number of esters is 1. The summed E-state index contributed by atoms with van der Waals surface area (Å²) in [6.07, 6.45) is -2.73. The highest BCUT2D eigenvalue weighted by molar-refractivity contribution is 7.10. The van der Waals surface area contributed by atoms with Crippen molar-refractivity contribution >= 4 is 17.3 Å². The van der Waals surface area contributed by atoms with Crippen molar-refractivity contribution < 1.29 is 22.7 Å². The first-order valence-electron chi connectivity index (χ1n) is 8.21. The molecule has 2 aromatic heterocycles. The number of hydrogen-bond donors (Lipinski definition) is 0. The molecule has 4 nitrogen and oxygen atoms in total. The lowest BCUT2D eigenvalue weighted by Gasteiger charge is -2.29. The van der Waals surface area contributed by atoms with Crippen molar-refractivity contribution in [3.8, 4) is 0 Å². The lowest BCUT2D eigenvalue weighted by atomic mass is 9.93. The number of thiophene rings is 1. The molecule has 0 aliphatic carbocycles. The number of aromatic nitrogens is 1. The zero-order valence-corrected chi connectivity index (χ0v) is 15.2. The highest BCUT2D eigenvalue weighted by Gasteiger charge is 2.38. The van der Waals surface area contributed by atoms with Crippen molar-refractivity contribution in [1.82, 2.24) is 9.47 Å².